The van der Waals surface area contributed by atoms with Gasteiger partial charge in [-0.25, -0.2) is 0 Å². The van der Waals surface area contributed by atoms with Gasteiger partial charge in [-0.1, -0.05) is 73.5 Å². The Labute approximate surface area is 233 Å². The number of methoxy groups -OCH3 is 1. The lowest BCUT2D eigenvalue weighted by molar-refractivity contribution is 0.0591. The Kier molecular flexibility index (Phi) is 8.37. The number of amides is 1. The third-order valence-corrected chi connectivity index (χ3v) is 9.58. The SMILES string of the molecule is CCC1CCC(N(Cc2cc(-c3ccc(CO)cc3)ccc2OC)C(=O)c2sc3ccccc3c2Cl)CC1. The largest absolute Gasteiger partial charge is 0.496 e. The average molecular weight is 548 g/mol. The Morgan fingerprint density at radius 1 is 1.03 bits per heavy atom. The van der Waals surface area contributed by atoms with Crippen LogP contribution in [0.1, 0.15) is 59.8 Å². The highest BCUT2D eigenvalue weighted by molar-refractivity contribution is 7.21. The van der Waals surface area contributed by atoms with Crippen LogP contribution in [0.15, 0.2) is 66.7 Å². The number of hydrogen-bond acceptors (Lipinski definition) is 4. The average Bonchev–Trinajstić information content (AvgIpc) is 3.32. The zero-order valence-electron chi connectivity index (χ0n) is 22.0. The van der Waals surface area contributed by atoms with Crippen LogP contribution >= 0.6 is 22.9 Å². The molecule has 1 aliphatic carbocycles. The summed E-state index contributed by atoms with van der Waals surface area (Å²) < 4.78 is 6.79. The molecule has 4 nitrogen and oxygen atoms in total. The lowest BCUT2D eigenvalue weighted by Crippen LogP contribution is -2.41. The van der Waals surface area contributed by atoms with Gasteiger partial charge in [0.2, 0.25) is 0 Å². The first-order chi connectivity index (χ1) is 18.5. The topological polar surface area (TPSA) is 49.8 Å². The number of hydrogen-bond donors (Lipinski definition) is 1. The van der Waals surface area contributed by atoms with E-state index in [1.807, 2.05) is 65.6 Å². The molecule has 0 saturated heterocycles. The molecule has 5 rings (SSSR count). The minimum Gasteiger partial charge on any atom is -0.496 e. The number of carbonyl (C=O) groups excluding carboxylic acids is 1. The van der Waals surface area contributed by atoms with E-state index < -0.39 is 0 Å². The van der Waals surface area contributed by atoms with Gasteiger partial charge in [0.25, 0.3) is 5.91 Å². The molecule has 38 heavy (non-hydrogen) atoms. The van der Waals surface area contributed by atoms with Crippen LogP contribution in [-0.2, 0) is 13.2 Å². The second-order valence-corrected chi connectivity index (χ2v) is 11.6. The van der Waals surface area contributed by atoms with Crippen molar-refractivity contribution in [2.45, 2.75) is 58.2 Å². The van der Waals surface area contributed by atoms with Gasteiger partial charge in [0.15, 0.2) is 0 Å². The molecule has 198 valence electrons. The fourth-order valence-corrected chi connectivity index (χ4v) is 7.05. The first kappa shape index (κ1) is 26.7. The maximum absolute atomic E-state index is 14.2. The van der Waals surface area contributed by atoms with Gasteiger partial charge in [-0.2, -0.15) is 0 Å². The van der Waals surface area contributed by atoms with Crippen LogP contribution in [-0.4, -0.2) is 29.1 Å². The van der Waals surface area contributed by atoms with Crippen LogP contribution in [0.2, 0.25) is 5.02 Å². The van der Waals surface area contributed by atoms with E-state index in [2.05, 4.69) is 13.0 Å². The van der Waals surface area contributed by atoms with Crippen molar-refractivity contribution in [2.75, 3.05) is 7.11 Å². The fourth-order valence-electron chi connectivity index (χ4n) is 5.58. The van der Waals surface area contributed by atoms with Gasteiger partial charge in [0, 0.05) is 28.2 Å². The summed E-state index contributed by atoms with van der Waals surface area (Å²) in [4.78, 5) is 16.9. The molecular weight excluding hydrogens is 514 g/mol. The molecule has 0 unspecified atom stereocenters. The molecule has 1 amide bonds. The van der Waals surface area contributed by atoms with Gasteiger partial charge >= 0.3 is 0 Å². The van der Waals surface area contributed by atoms with Crippen LogP contribution < -0.4 is 4.74 Å². The standard InChI is InChI=1S/C32H34ClNO3S/c1-3-21-10-15-26(16-11-21)34(32(36)31-30(33)27-6-4-5-7-29(27)38-31)19-25-18-24(14-17-28(25)37-2)23-12-8-22(20-35)9-13-23/h4-9,12-14,17-18,21,26,35H,3,10-11,15-16,19-20H2,1-2H3. The zero-order valence-corrected chi connectivity index (χ0v) is 23.5. The number of halogens is 1. The van der Waals surface area contributed by atoms with E-state index in [0.29, 0.717) is 16.4 Å². The molecule has 0 radical (unpaired) electrons. The first-order valence-corrected chi connectivity index (χ1v) is 14.6. The number of aliphatic hydroxyl groups excluding tert-OH is 1. The molecule has 0 aliphatic heterocycles. The van der Waals surface area contributed by atoms with E-state index in [4.69, 9.17) is 16.3 Å². The van der Waals surface area contributed by atoms with Crippen molar-refractivity contribution in [2.24, 2.45) is 5.92 Å². The number of aliphatic hydroxyl groups is 1. The maximum Gasteiger partial charge on any atom is 0.266 e. The van der Waals surface area contributed by atoms with E-state index in [1.165, 1.54) is 17.8 Å². The summed E-state index contributed by atoms with van der Waals surface area (Å²) in [5.41, 5.74) is 3.95. The predicted octanol–water partition coefficient (Wildman–Crippen LogP) is 8.33. The minimum atomic E-state index is -0.00379. The molecule has 1 aliphatic rings. The number of nitrogens with zero attached hydrogens (tertiary/aromatic N) is 1. The quantitative estimate of drug-likeness (QED) is 0.241. The molecule has 6 heteroatoms. The Bertz CT molecular complexity index is 1410. The third-order valence-electron chi connectivity index (χ3n) is 7.92. The van der Waals surface area contributed by atoms with Crippen LogP contribution in [0.5, 0.6) is 5.75 Å². The van der Waals surface area contributed by atoms with Crippen molar-refractivity contribution in [3.05, 3.63) is 87.8 Å². The van der Waals surface area contributed by atoms with Gasteiger partial charge in [-0.3, -0.25) is 4.79 Å². The Hall–Kier alpha value is -2.86. The van der Waals surface area contributed by atoms with Gasteiger partial charge in [0.1, 0.15) is 10.6 Å². The monoisotopic (exact) mass is 547 g/mol. The molecule has 1 fully saturated rings. The van der Waals surface area contributed by atoms with Crippen molar-refractivity contribution in [1.29, 1.82) is 0 Å². The van der Waals surface area contributed by atoms with Crippen molar-refractivity contribution in [3.8, 4) is 16.9 Å². The summed E-state index contributed by atoms with van der Waals surface area (Å²) >= 11 is 8.27. The summed E-state index contributed by atoms with van der Waals surface area (Å²) in [6.45, 7) is 2.73. The number of ether oxygens (including phenoxy) is 1. The van der Waals surface area contributed by atoms with E-state index in [1.54, 1.807) is 7.11 Å². The molecule has 1 aromatic heterocycles. The van der Waals surface area contributed by atoms with Crippen molar-refractivity contribution in [3.63, 3.8) is 0 Å². The summed E-state index contributed by atoms with van der Waals surface area (Å²) in [5, 5.41) is 10.9. The number of rotatable bonds is 8. The van der Waals surface area contributed by atoms with E-state index >= 15 is 0 Å². The number of benzene rings is 3. The second-order valence-electron chi connectivity index (χ2n) is 10.1. The maximum atomic E-state index is 14.2. The van der Waals surface area contributed by atoms with Gasteiger partial charge < -0.3 is 14.7 Å². The summed E-state index contributed by atoms with van der Waals surface area (Å²) in [5.74, 6) is 1.50. The van der Waals surface area contributed by atoms with E-state index in [0.717, 1.165) is 69.7 Å². The summed E-state index contributed by atoms with van der Waals surface area (Å²) in [6, 6.07) is 22.1. The van der Waals surface area contributed by atoms with Crippen molar-refractivity contribution < 1.29 is 14.6 Å². The lowest BCUT2D eigenvalue weighted by atomic mass is 9.83. The predicted molar refractivity (Wildman–Crippen MR) is 157 cm³/mol. The number of thiophene rings is 1. The molecule has 0 spiro atoms. The van der Waals surface area contributed by atoms with E-state index in [-0.39, 0.29) is 18.6 Å². The highest BCUT2D eigenvalue weighted by atomic mass is 35.5. The van der Waals surface area contributed by atoms with Crippen LogP contribution in [0, 0.1) is 5.92 Å². The molecule has 1 saturated carbocycles. The zero-order chi connectivity index (χ0) is 26.6. The Morgan fingerprint density at radius 3 is 2.39 bits per heavy atom. The van der Waals surface area contributed by atoms with Gasteiger partial charge in [-0.15, -0.1) is 11.3 Å². The highest BCUT2D eigenvalue weighted by Gasteiger charge is 2.32. The molecule has 3 aromatic carbocycles. The molecule has 1 N–H and O–H groups in total. The van der Waals surface area contributed by atoms with Crippen LogP contribution in [0.4, 0.5) is 0 Å². The molecule has 0 atom stereocenters. The second kappa shape index (κ2) is 11.9. The van der Waals surface area contributed by atoms with Crippen molar-refractivity contribution in [1.82, 2.24) is 4.90 Å². The molecular formula is C32H34ClNO3S. The van der Waals surface area contributed by atoms with Crippen molar-refractivity contribution >= 4 is 38.9 Å². The van der Waals surface area contributed by atoms with Crippen LogP contribution in [0.25, 0.3) is 21.2 Å². The minimum absolute atomic E-state index is 0.00379. The summed E-state index contributed by atoms with van der Waals surface area (Å²) in [7, 11) is 1.68. The molecule has 1 heterocycles. The highest BCUT2D eigenvalue weighted by Crippen LogP contribution is 2.39. The summed E-state index contributed by atoms with van der Waals surface area (Å²) in [6.07, 6.45) is 5.46. The van der Waals surface area contributed by atoms with E-state index in [9.17, 15) is 9.90 Å². The molecule has 4 aromatic rings. The normalized spacial score (nSPS) is 17.5. The number of fused-ring (bicyclic) bond motifs is 1. The third kappa shape index (κ3) is 5.47. The number of carbonyl (C=O) groups is 1. The molecule has 0 bridgehead atoms. The smallest absolute Gasteiger partial charge is 0.266 e. The Balaban J connectivity index is 1.51. The van der Waals surface area contributed by atoms with Gasteiger partial charge in [-0.05, 0) is 66.5 Å². The van der Waals surface area contributed by atoms with Crippen LogP contribution in [0.3, 0.4) is 0 Å². The fraction of sp³-hybridized carbons (Fsp3) is 0.344. The lowest BCUT2D eigenvalue weighted by Gasteiger charge is -2.37. The Morgan fingerprint density at radius 2 is 1.74 bits per heavy atom. The first-order valence-electron chi connectivity index (χ1n) is 13.4. The van der Waals surface area contributed by atoms with Gasteiger partial charge in [0.05, 0.1) is 18.7 Å².